The van der Waals surface area contributed by atoms with Crippen molar-refractivity contribution in [1.29, 1.82) is 0 Å². The third kappa shape index (κ3) is 4.65. The minimum atomic E-state index is -2.36. The van der Waals surface area contributed by atoms with E-state index in [4.69, 9.17) is 9.47 Å². The van der Waals surface area contributed by atoms with Crippen LogP contribution in [-0.2, 0) is 19.1 Å². The zero-order chi connectivity index (χ0) is 28.2. The number of nitro groups is 1. The molecule has 0 unspecified atom stereocenters. The summed E-state index contributed by atoms with van der Waals surface area (Å²) in [7, 11) is 0. The number of nitro benzene ring substituents is 1. The number of nitrogens with zero attached hydrogens (tertiary/aromatic N) is 2. The first-order chi connectivity index (χ1) is 18.8. The van der Waals surface area contributed by atoms with Gasteiger partial charge in [0.05, 0.1) is 24.1 Å². The average Bonchev–Trinajstić information content (AvgIpc) is 2.94. The smallest absolute Gasteiger partial charge is 0.344 e. The van der Waals surface area contributed by atoms with Crippen molar-refractivity contribution in [1.82, 2.24) is 4.90 Å². The van der Waals surface area contributed by atoms with Crippen molar-refractivity contribution in [3.05, 3.63) is 112 Å². The molecule has 1 amide bonds. The van der Waals surface area contributed by atoms with E-state index < -0.39 is 46.1 Å². The Balaban J connectivity index is 1.99. The fourth-order valence-corrected chi connectivity index (χ4v) is 4.96. The number of ether oxygens (including phenoxy) is 2. The summed E-state index contributed by atoms with van der Waals surface area (Å²) in [4.78, 5) is 67.1. The van der Waals surface area contributed by atoms with Gasteiger partial charge in [0.15, 0.2) is 5.78 Å². The number of esters is 2. The van der Waals surface area contributed by atoms with E-state index in [1.54, 1.807) is 62.4 Å². The zero-order valence-corrected chi connectivity index (χ0v) is 21.3. The Bertz CT molecular complexity index is 1370. The van der Waals surface area contributed by atoms with Crippen molar-refractivity contribution in [3.8, 4) is 0 Å². The molecule has 0 N–H and O–H groups in total. The molecule has 0 aliphatic carbocycles. The first-order valence-corrected chi connectivity index (χ1v) is 12.4. The predicted octanol–water partition coefficient (Wildman–Crippen LogP) is 3.95. The maximum absolute atomic E-state index is 14.0. The summed E-state index contributed by atoms with van der Waals surface area (Å²) in [6, 6.07) is 19.9. The number of rotatable bonds is 9. The molecule has 2 atom stereocenters. The van der Waals surface area contributed by atoms with Crippen molar-refractivity contribution in [2.75, 3.05) is 13.2 Å². The van der Waals surface area contributed by atoms with Crippen LogP contribution in [0.4, 0.5) is 5.69 Å². The van der Waals surface area contributed by atoms with E-state index in [2.05, 4.69) is 0 Å². The number of Topliss-reactive ketones (excluding diaryl/α,β-unsaturated/α-hetero) is 1. The van der Waals surface area contributed by atoms with Crippen molar-refractivity contribution < 1.29 is 33.6 Å². The molecule has 1 aliphatic rings. The maximum Gasteiger partial charge on any atom is 0.344 e. The molecule has 3 aromatic carbocycles. The lowest BCUT2D eigenvalue weighted by atomic mass is 9.62. The Kier molecular flexibility index (Phi) is 7.85. The molecule has 0 spiro atoms. The van der Waals surface area contributed by atoms with E-state index >= 15 is 0 Å². The predicted molar refractivity (Wildman–Crippen MR) is 139 cm³/mol. The Hall–Kier alpha value is -4.86. The van der Waals surface area contributed by atoms with Crippen LogP contribution in [0.15, 0.2) is 84.9 Å². The van der Waals surface area contributed by atoms with Gasteiger partial charge in [-0.15, -0.1) is 0 Å². The van der Waals surface area contributed by atoms with Crippen LogP contribution in [0.5, 0.6) is 0 Å². The Labute approximate surface area is 224 Å². The summed E-state index contributed by atoms with van der Waals surface area (Å²) in [5.74, 6) is -4.64. The van der Waals surface area contributed by atoms with Gasteiger partial charge in [0.25, 0.3) is 11.6 Å². The molecule has 10 nitrogen and oxygen atoms in total. The number of carbonyl (C=O) groups is 4. The molecule has 1 heterocycles. The molecule has 1 fully saturated rings. The second-order valence-electron chi connectivity index (χ2n) is 8.75. The molecule has 1 saturated heterocycles. The number of likely N-dealkylation sites (tertiary alicyclic amines) is 1. The van der Waals surface area contributed by atoms with Gasteiger partial charge in [0.2, 0.25) is 5.54 Å². The van der Waals surface area contributed by atoms with Crippen LogP contribution in [-0.4, -0.2) is 58.2 Å². The van der Waals surface area contributed by atoms with E-state index in [0.717, 1.165) is 4.90 Å². The van der Waals surface area contributed by atoms with Gasteiger partial charge in [-0.2, -0.15) is 0 Å². The van der Waals surface area contributed by atoms with Gasteiger partial charge in [-0.05, 0) is 31.5 Å². The summed E-state index contributed by atoms with van der Waals surface area (Å²) in [6.07, 6.45) is 0. The first-order valence-electron chi connectivity index (χ1n) is 12.4. The second-order valence-corrected chi connectivity index (χ2v) is 8.75. The molecule has 10 heteroatoms. The normalized spacial score (nSPS) is 17.4. The fourth-order valence-electron chi connectivity index (χ4n) is 4.96. The van der Waals surface area contributed by atoms with Crippen molar-refractivity contribution in [2.45, 2.75) is 31.3 Å². The van der Waals surface area contributed by atoms with Gasteiger partial charge in [-0.3, -0.25) is 19.7 Å². The number of hydrogen-bond acceptors (Lipinski definition) is 8. The van der Waals surface area contributed by atoms with E-state index in [9.17, 15) is 29.3 Å². The second kappa shape index (κ2) is 11.3. The van der Waals surface area contributed by atoms with Gasteiger partial charge in [0.1, 0.15) is 6.04 Å². The number of amides is 1. The third-order valence-electron chi connectivity index (χ3n) is 6.63. The summed E-state index contributed by atoms with van der Waals surface area (Å²) < 4.78 is 10.7. The highest BCUT2D eigenvalue weighted by atomic mass is 16.6. The first kappa shape index (κ1) is 27.2. The number of non-ortho nitro benzene ring substituents is 1. The molecule has 200 valence electrons. The molecule has 1 aliphatic heterocycles. The highest BCUT2D eigenvalue weighted by Gasteiger charge is 2.75. The van der Waals surface area contributed by atoms with E-state index in [1.165, 1.54) is 36.4 Å². The van der Waals surface area contributed by atoms with Crippen LogP contribution >= 0.6 is 0 Å². The van der Waals surface area contributed by atoms with E-state index in [1.807, 2.05) is 0 Å². The van der Waals surface area contributed by atoms with Crippen LogP contribution < -0.4 is 0 Å². The van der Waals surface area contributed by atoms with E-state index in [-0.39, 0.29) is 35.6 Å². The van der Waals surface area contributed by atoms with Gasteiger partial charge in [-0.25, -0.2) is 9.59 Å². The Morgan fingerprint density at radius 2 is 1.28 bits per heavy atom. The molecule has 0 saturated carbocycles. The van der Waals surface area contributed by atoms with Gasteiger partial charge < -0.3 is 14.4 Å². The van der Waals surface area contributed by atoms with Crippen molar-refractivity contribution in [2.24, 2.45) is 0 Å². The standard InChI is InChI=1S/C29H26N2O8/c1-3-38-27(34)29(28(35)39-4-2)23(19-15-17-22(18-16-19)31(36)37)24(25(32)20-11-7-5-8-12-20)30(29)26(33)21-13-9-6-10-14-21/h5-18,23-24H,3-4H2,1-2H3/t23-,24+/m1/s1. The minimum absolute atomic E-state index is 0.113. The maximum atomic E-state index is 14.0. The molecule has 4 rings (SSSR count). The quantitative estimate of drug-likeness (QED) is 0.134. The summed E-state index contributed by atoms with van der Waals surface area (Å²) in [5, 5.41) is 11.3. The summed E-state index contributed by atoms with van der Waals surface area (Å²) >= 11 is 0. The number of carbonyl (C=O) groups excluding carboxylic acids is 4. The lowest BCUT2D eigenvalue weighted by Gasteiger charge is -2.59. The van der Waals surface area contributed by atoms with Gasteiger partial charge >= 0.3 is 11.9 Å². The number of benzene rings is 3. The zero-order valence-electron chi connectivity index (χ0n) is 21.3. The van der Waals surface area contributed by atoms with Crippen LogP contribution in [0.1, 0.15) is 46.0 Å². The van der Waals surface area contributed by atoms with Gasteiger partial charge in [-0.1, -0.05) is 60.7 Å². The van der Waals surface area contributed by atoms with Crippen LogP contribution in [0, 0.1) is 10.1 Å². The molecular weight excluding hydrogens is 504 g/mol. The fraction of sp³-hybridized carbons (Fsp3) is 0.241. The topological polar surface area (TPSA) is 133 Å². The van der Waals surface area contributed by atoms with Crippen molar-refractivity contribution >= 4 is 29.3 Å². The number of hydrogen-bond donors (Lipinski definition) is 0. The molecule has 3 aromatic rings. The van der Waals surface area contributed by atoms with Crippen LogP contribution in [0.25, 0.3) is 0 Å². The van der Waals surface area contributed by atoms with Crippen LogP contribution in [0.2, 0.25) is 0 Å². The molecular formula is C29H26N2O8. The Morgan fingerprint density at radius 3 is 1.74 bits per heavy atom. The monoisotopic (exact) mass is 530 g/mol. The minimum Gasteiger partial charge on any atom is -0.464 e. The SMILES string of the molecule is CCOC(=O)C1(C(=O)OCC)[C@H](c2ccc([N+](=O)[O-])cc2)[C@@H](C(=O)c2ccccc2)N1C(=O)c1ccccc1. The summed E-state index contributed by atoms with van der Waals surface area (Å²) in [6.45, 7) is 2.87. The third-order valence-corrected chi connectivity index (χ3v) is 6.63. The number of ketones is 1. The molecule has 0 bridgehead atoms. The lowest BCUT2D eigenvalue weighted by Crippen LogP contribution is -2.82. The van der Waals surface area contributed by atoms with Gasteiger partial charge in [0, 0.05) is 23.3 Å². The van der Waals surface area contributed by atoms with E-state index in [0.29, 0.717) is 0 Å². The largest absolute Gasteiger partial charge is 0.464 e. The average molecular weight is 531 g/mol. The highest BCUT2D eigenvalue weighted by Crippen LogP contribution is 2.53. The lowest BCUT2D eigenvalue weighted by molar-refractivity contribution is -0.384. The van der Waals surface area contributed by atoms with Crippen molar-refractivity contribution in [3.63, 3.8) is 0 Å². The van der Waals surface area contributed by atoms with Crippen LogP contribution in [0.3, 0.4) is 0 Å². The molecule has 0 aromatic heterocycles. The molecule has 0 radical (unpaired) electrons. The molecule has 39 heavy (non-hydrogen) atoms. The highest BCUT2D eigenvalue weighted by molar-refractivity contribution is 6.18. The summed E-state index contributed by atoms with van der Waals surface area (Å²) in [5.41, 5.74) is -1.93. The Morgan fingerprint density at radius 1 is 0.795 bits per heavy atom.